The Morgan fingerprint density at radius 1 is 1.19 bits per heavy atom. The van der Waals surface area contributed by atoms with Crippen molar-refractivity contribution in [1.29, 1.82) is 0 Å². The lowest BCUT2D eigenvalue weighted by atomic mass is 10.1. The van der Waals surface area contributed by atoms with Crippen LogP contribution in [0.15, 0.2) is 58.6 Å². The van der Waals surface area contributed by atoms with Crippen LogP contribution in [0.1, 0.15) is 39.3 Å². The smallest absolute Gasteiger partial charge is 0.416 e. The Morgan fingerprint density at radius 2 is 2.00 bits per heavy atom. The molecule has 0 aliphatic rings. The predicted octanol–water partition coefficient (Wildman–Crippen LogP) is 5.12. The number of hydrogen-bond donors (Lipinski definition) is 1. The summed E-state index contributed by atoms with van der Waals surface area (Å²) in [4.78, 5) is 28.4. The van der Waals surface area contributed by atoms with Crippen molar-refractivity contribution in [2.45, 2.75) is 19.6 Å². The summed E-state index contributed by atoms with van der Waals surface area (Å²) in [5, 5.41) is 6.82. The number of Topliss-reactive ketones (excluding diaryl/α,β-unsaturated/α-hetero) is 1. The van der Waals surface area contributed by atoms with Crippen LogP contribution in [0.4, 0.5) is 19.0 Å². The molecule has 3 aromatic heterocycles. The van der Waals surface area contributed by atoms with Crippen LogP contribution in [0.25, 0.3) is 10.4 Å². The largest absolute Gasteiger partial charge is 0.456 e. The number of carbonyl (C=O) groups is 2. The highest BCUT2D eigenvalue weighted by molar-refractivity contribution is 7.13. The normalized spacial score (nSPS) is 11.5. The van der Waals surface area contributed by atoms with Gasteiger partial charge < -0.3 is 9.73 Å². The van der Waals surface area contributed by atoms with Crippen LogP contribution in [0.3, 0.4) is 0 Å². The van der Waals surface area contributed by atoms with Crippen LogP contribution in [0.5, 0.6) is 0 Å². The third kappa shape index (κ3) is 4.62. The third-order valence-electron chi connectivity index (χ3n) is 4.44. The lowest BCUT2D eigenvalue weighted by Gasteiger charge is -2.08. The Hall–Kier alpha value is -3.73. The first-order valence-corrected chi connectivity index (χ1v) is 10.1. The Balaban J connectivity index is 1.49. The van der Waals surface area contributed by atoms with Gasteiger partial charge in [-0.25, -0.2) is 4.98 Å². The zero-order chi connectivity index (χ0) is 22.9. The number of rotatable bonds is 6. The number of furan rings is 1. The molecule has 0 unspecified atom stereocenters. The van der Waals surface area contributed by atoms with E-state index in [-0.39, 0.29) is 35.2 Å². The molecule has 7 nitrogen and oxygen atoms in total. The number of benzene rings is 1. The first-order valence-electron chi connectivity index (χ1n) is 9.26. The maximum absolute atomic E-state index is 13.0. The number of alkyl halides is 3. The summed E-state index contributed by atoms with van der Waals surface area (Å²) in [6.45, 7) is 1.64. The molecular weight excluding hydrogens is 445 g/mol. The van der Waals surface area contributed by atoms with Gasteiger partial charge in [-0.1, -0.05) is 12.1 Å². The fraction of sp³-hybridized carbons (Fsp3) is 0.143. The molecule has 1 N–H and O–H groups in total. The van der Waals surface area contributed by atoms with Gasteiger partial charge in [0.05, 0.1) is 22.5 Å². The van der Waals surface area contributed by atoms with E-state index in [1.165, 1.54) is 29.2 Å². The van der Waals surface area contributed by atoms with Crippen molar-refractivity contribution in [3.8, 4) is 10.4 Å². The van der Waals surface area contributed by atoms with Crippen molar-refractivity contribution in [2.75, 3.05) is 5.32 Å². The molecule has 0 aliphatic carbocycles. The number of anilines is 1. The van der Waals surface area contributed by atoms with E-state index in [1.54, 1.807) is 24.4 Å². The van der Waals surface area contributed by atoms with Crippen molar-refractivity contribution in [2.24, 2.45) is 0 Å². The van der Waals surface area contributed by atoms with E-state index in [0.29, 0.717) is 10.6 Å². The van der Waals surface area contributed by atoms with Crippen molar-refractivity contribution in [3.63, 3.8) is 0 Å². The quantitative estimate of drug-likeness (QED) is 0.403. The van der Waals surface area contributed by atoms with Gasteiger partial charge in [0.25, 0.3) is 5.91 Å². The highest BCUT2D eigenvalue weighted by atomic mass is 32.1. The summed E-state index contributed by atoms with van der Waals surface area (Å²) in [6.07, 6.45) is -2.88. The molecule has 11 heteroatoms. The van der Waals surface area contributed by atoms with Crippen molar-refractivity contribution >= 4 is 28.8 Å². The molecule has 1 aromatic carbocycles. The molecule has 0 radical (unpaired) electrons. The first kappa shape index (κ1) is 21.5. The van der Waals surface area contributed by atoms with E-state index in [9.17, 15) is 22.8 Å². The van der Waals surface area contributed by atoms with Crippen LogP contribution in [-0.2, 0) is 12.7 Å². The highest BCUT2D eigenvalue weighted by Crippen LogP contribution is 2.34. The molecule has 0 saturated carbocycles. The number of hydrogen-bond acceptors (Lipinski definition) is 6. The Labute approximate surface area is 183 Å². The van der Waals surface area contributed by atoms with Crippen LogP contribution >= 0.6 is 11.3 Å². The Morgan fingerprint density at radius 3 is 2.72 bits per heavy atom. The van der Waals surface area contributed by atoms with Gasteiger partial charge in [0.15, 0.2) is 17.4 Å². The second kappa shape index (κ2) is 8.42. The SMILES string of the molecule is CC(=O)c1ccc(Cn2ccc(NC(=O)c3ncsc3-c3cccc(C(F)(F)F)c3)n2)o1. The predicted molar refractivity (Wildman–Crippen MR) is 111 cm³/mol. The van der Waals surface area contributed by atoms with E-state index < -0.39 is 17.6 Å². The Bertz CT molecular complexity index is 1290. The zero-order valence-corrected chi connectivity index (χ0v) is 17.3. The van der Waals surface area contributed by atoms with Gasteiger partial charge in [-0.3, -0.25) is 14.3 Å². The van der Waals surface area contributed by atoms with Crippen molar-refractivity contribution in [1.82, 2.24) is 14.8 Å². The number of nitrogens with zero attached hydrogens (tertiary/aromatic N) is 3. The topological polar surface area (TPSA) is 90.0 Å². The van der Waals surface area contributed by atoms with E-state index in [2.05, 4.69) is 15.4 Å². The number of aromatic nitrogens is 3. The number of carbonyl (C=O) groups excluding carboxylic acids is 2. The van der Waals surface area contributed by atoms with E-state index in [4.69, 9.17) is 4.42 Å². The average molecular weight is 460 g/mol. The zero-order valence-electron chi connectivity index (χ0n) is 16.5. The lowest BCUT2D eigenvalue weighted by Crippen LogP contribution is -2.14. The van der Waals surface area contributed by atoms with Crippen LogP contribution in [0.2, 0.25) is 0 Å². The van der Waals surface area contributed by atoms with E-state index in [0.717, 1.165) is 23.5 Å². The molecule has 3 heterocycles. The van der Waals surface area contributed by atoms with Gasteiger partial charge in [-0.15, -0.1) is 11.3 Å². The lowest BCUT2D eigenvalue weighted by molar-refractivity contribution is -0.137. The summed E-state index contributed by atoms with van der Waals surface area (Å²) < 4.78 is 46.0. The minimum absolute atomic E-state index is 0.000934. The summed E-state index contributed by atoms with van der Waals surface area (Å²) >= 11 is 1.07. The maximum Gasteiger partial charge on any atom is 0.416 e. The summed E-state index contributed by atoms with van der Waals surface area (Å²) in [6, 6.07) is 9.52. The minimum atomic E-state index is -4.49. The molecule has 4 rings (SSSR count). The first-order chi connectivity index (χ1) is 15.2. The van der Waals surface area contributed by atoms with Crippen LogP contribution in [-0.4, -0.2) is 26.5 Å². The van der Waals surface area contributed by atoms with Gasteiger partial charge in [0, 0.05) is 19.2 Å². The Kier molecular flexibility index (Phi) is 5.66. The number of thiazole rings is 1. The fourth-order valence-corrected chi connectivity index (χ4v) is 3.74. The molecular formula is C21H15F3N4O3S. The molecule has 4 aromatic rings. The van der Waals surface area contributed by atoms with Crippen molar-refractivity contribution in [3.05, 3.63) is 76.9 Å². The van der Waals surface area contributed by atoms with Crippen LogP contribution in [0, 0.1) is 0 Å². The van der Waals surface area contributed by atoms with Crippen LogP contribution < -0.4 is 5.32 Å². The van der Waals surface area contributed by atoms with Gasteiger partial charge in [-0.2, -0.15) is 18.3 Å². The number of nitrogens with one attached hydrogen (secondary N) is 1. The van der Waals surface area contributed by atoms with Crippen molar-refractivity contribution < 1.29 is 27.2 Å². The maximum atomic E-state index is 13.0. The average Bonchev–Trinajstić information content (AvgIpc) is 3.48. The fourth-order valence-electron chi connectivity index (χ4n) is 2.95. The number of halogens is 3. The molecule has 1 amide bonds. The molecule has 0 aliphatic heterocycles. The van der Waals surface area contributed by atoms with Gasteiger partial charge in [-0.05, 0) is 29.8 Å². The molecule has 0 atom stereocenters. The van der Waals surface area contributed by atoms with Gasteiger partial charge in [0.1, 0.15) is 11.5 Å². The number of ketones is 1. The molecule has 0 saturated heterocycles. The standard InChI is InChI=1S/C21H15F3N4O3S/c1-12(29)16-6-5-15(31-16)10-28-8-7-17(27-28)26-20(30)18-19(32-11-25-18)13-3-2-4-14(9-13)21(22,23)24/h2-9,11H,10H2,1H3,(H,26,27,30). The highest BCUT2D eigenvalue weighted by Gasteiger charge is 2.31. The molecule has 0 spiro atoms. The molecule has 0 bridgehead atoms. The summed E-state index contributed by atoms with van der Waals surface area (Å²) in [5.41, 5.74) is 0.838. The van der Waals surface area contributed by atoms with Gasteiger partial charge in [0.2, 0.25) is 0 Å². The minimum Gasteiger partial charge on any atom is -0.456 e. The molecule has 0 fully saturated rings. The third-order valence-corrected chi connectivity index (χ3v) is 5.32. The summed E-state index contributed by atoms with van der Waals surface area (Å²) in [5.74, 6) is 0.204. The molecule has 164 valence electrons. The second-order valence-corrected chi connectivity index (χ2v) is 7.64. The number of amides is 1. The monoisotopic (exact) mass is 460 g/mol. The van der Waals surface area contributed by atoms with E-state index in [1.807, 2.05) is 0 Å². The van der Waals surface area contributed by atoms with Gasteiger partial charge >= 0.3 is 6.18 Å². The molecule has 32 heavy (non-hydrogen) atoms. The van der Waals surface area contributed by atoms with E-state index >= 15 is 0 Å². The summed E-state index contributed by atoms with van der Waals surface area (Å²) in [7, 11) is 0. The second-order valence-electron chi connectivity index (χ2n) is 6.78.